The molecule has 0 spiro atoms. The van der Waals surface area contributed by atoms with Crippen LogP contribution in [0.3, 0.4) is 0 Å². The van der Waals surface area contributed by atoms with Gasteiger partial charge in [0, 0.05) is 41.7 Å². The topological polar surface area (TPSA) is 117 Å². The standard InChI is InChI=1S/C24H20FN3O6S/c25-15-3-1-14(2-4-15)22-21(23(29)34-24(26)30)16-11-19(32-13-20-27-5-10-35-20)17(12-18(16)33-22)28-6-8-31-9-7-28/h1-5,10-12H,6-9,13H2,(H2,26,30). The molecule has 1 aliphatic rings. The molecule has 2 N–H and O–H groups in total. The maximum Gasteiger partial charge on any atom is 0.412 e. The smallest absolute Gasteiger partial charge is 0.412 e. The normalized spacial score (nSPS) is 13.7. The van der Waals surface area contributed by atoms with Crippen LogP contribution in [0.4, 0.5) is 14.9 Å². The Morgan fingerprint density at radius 1 is 1.17 bits per heavy atom. The first-order valence-corrected chi connectivity index (χ1v) is 11.6. The largest absolute Gasteiger partial charge is 0.484 e. The number of hydrogen-bond donors (Lipinski definition) is 1. The molecule has 0 unspecified atom stereocenters. The van der Waals surface area contributed by atoms with E-state index in [4.69, 9.17) is 19.6 Å². The van der Waals surface area contributed by atoms with Crippen LogP contribution >= 0.6 is 11.3 Å². The van der Waals surface area contributed by atoms with E-state index in [2.05, 4.69) is 14.6 Å². The number of ether oxygens (including phenoxy) is 3. The zero-order chi connectivity index (χ0) is 24.4. The van der Waals surface area contributed by atoms with E-state index >= 15 is 0 Å². The Hall–Kier alpha value is -3.96. The second kappa shape index (κ2) is 9.72. The molecule has 5 rings (SSSR count). The van der Waals surface area contributed by atoms with E-state index in [0.29, 0.717) is 48.6 Å². The van der Waals surface area contributed by atoms with E-state index in [0.717, 1.165) is 10.7 Å². The fraction of sp³-hybridized carbons (Fsp3) is 0.208. The summed E-state index contributed by atoms with van der Waals surface area (Å²) in [5.74, 6) is -0.815. The molecule has 1 fully saturated rings. The Morgan fingerprint density at radius 3 is 2.63 bits per heavy atom. The van der Waals surface area contributed by atoms with Crippen molar-refractivity contribution in [2.24, 2.45) is 5.73 Å². The minimum Gasteiger partial charge on any atom is -0.484 e. The summed E-state index contributed by atoms with van der Waals surface area (Å²) >= 11 is 1.46. The number of primary amides is 1. The van der Waals surface area contributed by atoms with E-state index in [1.165, 1.54) is 35.6 Å². The van der Waals surface area contributed by atoms with Crippen molar-refractivity contribution in [2.75, 3.05) is 31.2 Å². The van der Waals surface area contributed by atoms with Crippen molar-refractivity contribution in [2.45, 2.75) is 6.61 Å². The van der Waals surface area contributed by atoms with E-state index in [1.54, 1.807) is 18.3 Å². The Bertz CT molecular complexity index is 1360. The molecule has 11 heteroatoms. The van der Waals surface area contributed by atoms with Gasteiger partial charge in [-0.3, -0.25) is 0 Å². The number of rotatable bonds is 6. The van der Waals surface area contributed by atoms with Gasteiger partial charge in [-0.1, -0.05) is 0 Å². The quantitative estimate of drug-likeness (QED) is 0.309. The molecule has 35 heavy (non-hydrogen) atoms. The van der Waals surface area contributed by atoms with Crippen molar-refractivity contribution in [3.05, 3.63) is 64.4 Å². The summed E-state index contributed by atoms with van der Waals surface area (Å²) < 4.78 is 35.9. The van der Waals surface area contributed by atoms with Gasteiger partial charge in [-0.25, -0.2) is 19.0 Å². The highest BCUT2D eigenvalue weighted by Gasteiger charge is 2.28. The van der Waals surface area contributed by atoms with Crippen LogP contribution in [-0.2, 0) is 16.1 Å². The van der Waals surface area contributed by atoms with E-state index in [1.807, 2.05) is 5.38 Å². The summed E-state index contributed by atoms with van der Waals surface area (Å²) in [6.07, 6.45) is 0.443. The van der Waals surface area contributed by atoms with E-state index in [9.17, 15) is 14.0 Å². The third-order valence-corrected chi connectivity index (χ3v) is 6.21. The molecular weight excluding hydrogens is 477 g/mol. The highest BCUT2D eigenvalue weighted by molar-refractivity contribution is 7.09. The van der Waals surface area contributed by atoms with Gasteiger partial charge in [-0.2, -0.15) is 0 Å². The highest BCUT2D eigenvalue weighted by atomic mass is 32.1. The zero-order valence-electron chi connectivity index (χ0n) is 18.4. The predicted molar refractivity (Wildman–Crippen MR) is 126 cm³/mol. The fourth-order valence-corrected chi connectivity index (χ4v) is 4.42. The van der Waals surface area contributed by atoms with Gasteiger partial charge < -0.3 is 29.3 Å². The maximum absolute atomic E-state index is 13.5. The van der Waals surface area contributed by atoms with Crippen LogP contribution in [-0.4, -0.2) is 43.3 Å². The summed E-state index contributed by atoms with van der Waals surface area (Å²) in [6, 6.07) is 8.86. The lowest BCUT2D eigenvalue weighted by Crippen LogP contribution is -2.36. The Kier molecular flexibility index (Phi) is 6.34. The Morgan fingerprint density at radius 2 is 1.94 bits per heavy atom. The molecule has 0 saturated carbocycles. The van der Waals surface area contributed by atoms with Gasteiger partial charge in [0.05, 0.1) is 18.9 Å². The molecule has 2 aromatic heterocycles. The van der Waals surface area contributed by atoms with Crippen molar-refractivity contribution < 1.29 is 32.6 Å². The second-order valence-electron chi connectivity index (χ2n) is 7.65. The number of fused-ring (bicyclic) bond motifs is 1. The molecule has 0 atom stereocenters. The molecule has 0 radical (unpaired) electrons. The van der Waals surface area contributed by atoms with Gasteiger partial charge in [-0.05, 0) is 30.3 Å². The zero-order valence-corrected chi connectivity index (χ0v) is 19.2. The molecule has 180 valence electrons. The summed E-state index contributed by atoms with van der Waals surface area (Å²) in [4.78, 5) is 30.6. The summed E-state index contributed by atoms with van der Waals surface area (Å²) in [5.41, 5.74) is 6.63. The van der Waals surface area contributed by atoms with Crippen LogP contribution < -0.4 is 15.4 Å². The van der Waals surface area contributed by atoms with Crippen LogP contribution in [0.15, 0.2) is 52.4 Å². The number of morpholine rings is 1. The molecule has 2 aromatic carbocycles. The predicted octanol–water partition coefficient (Wildman–Crippen LogP) is 4.35. The van der Waals surface area contributed by atoms with Crippen molar-refractivity contribution >= 4 is 40.1 Å². The lowest BCUT2D eigenvalue weighted by Gasteiger charge is -2.30. The summed E-state index contributed by atoms with van der Waals surface area (Å²) in [7, 11) is 0. The number of furan rings is 1. The maximum atomic E-state index is 13.5. The first-order valence-electron chi connectivity index (χ1n) is 10.7. The van der Waals surface area contributed by atoms with E-state index < -0.39 is 17.9 Å². The van der Waals surface area contributed by atoms with Crippen molar-refractivity contribution in [1.29, 1.82) is 0 Å². The highest BCUT2D eigenvalue weighted by Crippen LogP contribution is 2.41. The van der Waals surface area contributed by atoms with Crippen molar-refractivity contribution in [3.63, 3.8) is 0 Å². The first kappa shape index (κ1) is 22.8. The minimum atomic E-state index is -1.25. The van der Waals surface area contributed by atoms with Gasteiger partial charge in [0.2, 0.25) is 0 Å². The number of nitrogens with zero attached hydrogens (tertiary/aromatic N) is 2. The number of carbonyl (C=O) groups is 2. The van der Waals surface area contributed by atoms with Crippen LogP contribution in [0.25, 0.3) is 22.3 Å². The number of benzene rings is 2. The first-order chi connectivity index (χ1) is 17.0. The molecule has 1 amide bonds. The number of thiazole rings is 1. The summed E-state index contributed by atoms with van der Waals surface area (Å²) in [6.45, 7) is 2.62. The third kappa shape index (κ3) is 4.81. The number of halogens is 1. The molecule has 3 heterocycles. The van der Waals surface area contributed by atoms with Gasteiger partial charge in [-0.15, -0.1) is 11.3 Å². The average Bonchev–Trinajstić information content (AvgIpc) is 3.50. The number of carbonyl (C=O) groups excluding carboxylic acids is 2. The Labute approximate surface area is 202 Å². The lowest BCUT2D eigenvalue weighted by molar-refractivity contribution is 0.0640. The lowest BCUT2D eigenvalue weighted by atomic mass is 10.0. The average molecular weight is 498 g/mol. The number of esters is 1. The third-order valence-electron chi connectivity index (χ3n) is 5.46. The van der Waals surface area contributed by atoms with Crippen LogP contribution in [0.1, 0.15) is 15.4 Å². The SMILES string of the molecule is NC(=O)OC(=O)c1c(-c2ccc(F)cc2)oc2cc(N3CCOCC3)c(OCc3nccs3)cc12. The molecule has 4 aromatic rings. The number of anilines is 1. The van der Waals surface area contributed by atoms with Crippen LogP contribution in [0, 0.1) is 5.82 Å². The molecule has 9 nitrogen and oxygen atoms in total. The fourth-order valence-electron chi connectivity index (χ4n) is 3.89. The second-order valence-corrected chi connectivity index (χ2v) is 8.63. The van der Waals surface area contributed by atoms with E-state index in [-0.39, 0.29) is 17.9 Å². The molecule has 1 saturated heterocycles. The summed E-state index contributed by atoms with van der Waals surface area (Å²) in [5, 5.41) is 3.00. The Balaban J connectivity index is 1.66. The number of nitrogens with two attached hydrogens (primary N) is 1. The van der Waals surface area contributed by atoms with Gasteiger partial charge in [0.1, 0.15) is 40.1 Å². The van der Waals surface area contributed by atoms with Crippen molar-refractivity contribution in [1.82, 2.24) is 4.98 Å². The molecule has 0 aliphatic carbocycles. The minimum absolute atomic E-state index is 0.0157. The molecular formula is C24H20FN3O6S. The van der Waals surface area contributed by atoms with Gasteiger partial charge in [0.25, 0.3) is 0 Å². The molecule has 1 aliphatic heterocycles. The number of hydrogen-bond acceptors (Lipinski definition) is 9. The van der Waals surface area contributed by atoms with Crippen molar-refractivity contribution in [3.8, 4) is 17.1 Å². The number of aromatic nitrogens is 1. The van der Waals surface area contributed by atoms with Crippen LogP contribution in [0.5, 0.6) is 5.75 Å². The molecule has 0 bridgehead atoms. The number of amides is 1. The van der Waals surface area contributed by atoms with Crippen LogP contribution in [0.2, 0.25) is 0 Å². The monoisotopic (exact) mass is 497 g/mol. The van der Waals surface area contributed by atoms with Gasteiger partial charge in [0.15, 0.2) is 0 Å². The van der Waals surface area contributed by atoms with Gasteiger partial charge >= 0.3 is 12.1 Å².